The molecular weight excluding hydrogens is 280 g/mol. The van der Waals surface area contributed by atoms with Gasteiger partial charge in [0.25, 0.3) is 0 Å². The van der Waals surface area contributed by atoms with Crippen LogP contribution in [0.3, 0.4) is 0 Å². The SMILES string of the molecule is Cc1ccc(Nc2ccc3c(c2)C(C)(C)CCN3C(C)C)cc1. The van der Waals surface area contributed by atoms with Gasteiger partial charge in [-0.25, -0.2) is 0 Å². The van der Waals surface area contributed by atoms with Gasteiger partial charge in [0, 0.05) is 29.6 Å². The second-order valence-electron chi connectivity index (χ2n) is 7.64. The van der Waals surface area contributed by atoms with Crippen molar-refractivity contribution >= 4 is 17.1 Å². The number of rotatable bonds is 3. The van der Waals surface area contributed by atoms with Crippen molar-refractivity contribution in [1.82, 2.24) is 0 Å². The third-order valence-corrected chi connectivity index (χ3v) is 4.98. The largest absolute Gasteiger partial charge is 0.369 e. The quantitative estimate of drug-likeness (QED) is 0.790. The van der Waals surface area contributed by atoms with Crippen LogP contribution in [0.1, 0.15) is 45.2 Å². The number of hydrogen-bond donors (Lipinski definition) is 1. The molecule has 0 atom stereocenters. The third-order valence-electron chi connectivity index (χ3n) is 4.98. The Labute approximate surface area is 140 Å². The highest BCUT2D eigenvalue weighted by atomic mass is 15.2. The summed E-state index contributed by atoms with van der Waals surface area (Å²) in [7, 11) is 0. The molecule has 2 aromatic rings. The van der Waals surface area contributed by atoms with Gasteiger partial charge in [-0.15, -0.1) is 0 Å². The first-order valence-electron chi connectivity index (χ1n) is 8.62. The molecule has 1 N–H and O–H groups in total. The molecule has 2 nitrogen and oxygen atoms in total. The second kappa shape index (κ2) is 5.92. The summed E-state index contributed by atoms with van der Waals surface area (Å²) >= 11 is 0. The van der Waals surface area contributed by atoms with E-state index in [1.165, 1.54) is 28.9 Å². The molecule has 0 saturated heterocycles. The number of nitrogens with one attached hydrogen (secondary N) is 1. The Kier molecular flexibility index (Phi) is 4.09. The van der Waals surface area contributed by atoms with Crippen molar-refractivity contribution in [3.63, 3.8) is 0 Å². The molecule has 0 aliphatic carbocycles. The first-order valence-corrected chi connectivity index (χ1v) is 8.62. The van der Waals surface area contributed by atoms with E-state index in [1.54, 1.807) is 0 Å². The second-order valence-corrected chi connectivity index (χ2v) is 7.64. The van der Waals surface area contributed by atoms with Crippen LogP contribution in [-0.4, -0.2) is 12.6 Å². The van der Waals surface area contributed by atoms with E-state index in [0.717, 1.165) is 12.2 Å². The maximum atomic E-state index is 3.54. The van der Waals surface area contributed by atoms with Gasteiger partial charge in [-0.05, 0) is 68.5 Å². The van der Waals surface area contributed by atoms with Crippen LogP contribution in [0.15, 0.2) is 42.5 Å². The van der Waals surface area contributed by atoms with Crippen LogP contribution in [0.4, 0.5) is 17.1 Å². The lowest BCUT2D eigenvalue weighted by molar-refractivity contribution is 0.442. The Bertz CT molecular complexity index is 683. The fourth-order valence-electron chi connectivity index (χ4n) is 3.40. The van der Waals surface area contributed by atoms with Gasteiger partial charge in [0.15, 0.2) is 0 Å². The summed E-state index contributed by atoms with van der Waals surface area (Å²) < 4.78 is 0. The fourth-order valence-corrected chi connectivity index (χ4v) is 3.40. The van der Waals surface area contributed by atoms with Crippen molar-refractivity contribution in [2.45, 2.75) is 52.5 Å². The minimum atomic E-state index is 0.228. The molecule has 1 aliphatic rings. The monoisotopic (exact) mass is 308 g/mol. The van der Waals surface area contributed by atoms with Crippen LogP contribution in [0.2, 0.25) is 0 Å². The summed E-state index contributed by atoms with van der Waals surface area (Å²) in [5.41, 5.74) is 6.68. The zero-order valence-corrected chi connectivity index (χ0v) is 15.0. The van der Waals surface area contributed by atoms with Crippen LogP contribution in [-0.2, 0) is 5.41 Å². The number of benzene rings is 2. The van der Waals surface area contributed by atoms with E-state index in [2.05, 4.69) is 87.3 Å². The maximum Gasteiger partial charge on any atom is 0.0408 e. The maximum absolute atomic E-state index is 3.54. The van der Waals surface area contributed by atoms with Gasteiger partial charge in [0.05, 0.1) is 0 Å². The molecule has 0 unspecified atom stereocenters. The van der Waals surface area contributed by atoms with Gasteiger partial charge in [0.1, 0.15) is 0 Å². The fraction of sp³-hybridized carbons (Fsp3) is 0.429. The van der Waals surface area contributed by atoms with Crippen LogP contribution >= 0.6 is 0 Å². The van der Waals surface area contributed by atoms with Crippen LogP contribution in [0.5, 0.6) is 0 Å². The Morgan fingerprint density at radius 1 is 1.00 bits per heavy atom. The number of anilines is 3. The lowest BCUT2D eigenvalue weighted by Gasteiger charge is -2.42. The number of hydrogen-bond acceptors (Lipinski definition) is 2. The zero-order valence-electron chi connectivity index (χ0n) is 15.0. The highest BCUT2D eigenvalue weighted by Crippen LogP contribution is 2.42. The molecule has 0 spiro atoms. The highest BCUT2D eigenvalue weighted by Gasteiger charge is 2.32. The molecule has 0 amide bonds. The Morgan fingerprint density at radius 3 is 2.30 bits per heavy atom. The molecule has 0 radical (unpaired) electrons. The van der Waals surface area contributed by atoms with Crippen LogP contribution < -0.4 is 10.2 Å². The van der Waals surface area contributed by atoms with E-state index in [0.29, 0.717) is 6.04 Å². The van der Waals surface area contributed by atoms with Gasteiger partial charge >= 0.3 is 0 Å². The lowest BCUT2D eigenvalue weighted by atomic mass is 9.77. The molecule has 0 aromatic heterocycles. The van der Waals surface area contributed by atoms with E-state index in [9.17, 15) is 0 Å². The Morgan fingerprint density at radius 2 is 1.65 bits per heavy atom. The van der Waals surface area contributed by atoms with Gasteiger partial charge in [-0.2, -0.15) is 0 Å². The normalized spacial score (nSPS) is 16.3. The number of fused-ring (bicyclic) bond motifs is 1. The molecule has 1 heterocycles. The molecule has 1 aliphatic heterocycles. The number of aryl methyl sites for hydroxylation is 1. The van der Waals surface area contributed by atoms with Crippen molar-refractivity contribution in [3.05, 3.63) is 53.6 Å². The van der Waals surface area contributed by atoms with Crippen molar-refractivity contribution in [1.29, 1.82) is 0 Å². The van der Waals surface area contributed by atoms with Crippen molar-refractivity contribution in [3.8, 4) is 0 Å². The molecule has 122 valence electrons. The first kappa shape index (κ1) is 15.9. The lowest BCUT2D eigenvalue weighted by Crippen LogP contribution is -2.41. The number of nitrogens with zero attached hydrogens (tertiary/aromatic N) is 1. The van der Waals surface area contributed by atoms with Crippen LogP contribution in [0, 0.1) is 6.92 Å². The van der Waals surface area contributed by atoms with E-state index in [4.69, 9.17) is 0 Å². The van der Waals surface area contributed by atoms with Crippen molar-refractivity contribution in [2.75, 3.05) is 16.8 Å². The predicted octanol–water partition coefficient (Wildman–Crippen LogP) is 5.63. The summed E-state index contributed by atoms with van der Waals surface area (Å²) in [6.45, 7) is 12.5. The highest BCUT2D eigenvalue weighted by molar-refractivity contribution is 5.69. The minimum Gasteiger partial charge on any atom is -0.369 e. The van der Waals surface area contributed by atoms with E-state index < -0.39 is 0 Å². The first-order chi connectivity index (χ1) is 10.9. The Hall–Kier alpha value is -1.96. The molecular formula is C21H28N2. The molecule has 2 heteroatoms. The third kappa shape index (κ3) is 3.21. The van der Waals surface area contributed by atoms with Gasteiger partial charge < -0.3 is 10.2 Å². The van der Waals surface area contributed by atoms with Gasteiger partial charge in [0.2, 0.25) is 0 Å². The summed E-state index contributed by atoms with van der Waals surface area (Å²) in [6.07, 6.45) is 1.20. The topological polar surface area (TPSA) is 15.3 Å². The average molecular weight is 308 g/mol. The molecule has 23 heavy (non-hydrogen) atoms. The van der Waals surface area contributed by atoms with Crippen LogP contribution in [0.25, 0.3) is 0 Å². The van der Waals surface area contributed by atoms with Gasteiger partial charge in [-0.3, -0.25) is 0 Å². The molecule has 3 rings (SSSR count). The average Bonchev–Trinajstić information content (AvgIpc) is 2.50. The smallest absolute Gasteiger partial charge is 0.0408 e. The Balaban J connectivity index is 1.95. The molecule has 0 saturated carbocycles. The van der Waals surface area contributed by atoms with E-state index in [1.807, 2.05) is 0 Å². The minimum absolute atomic E-state index is 0.228. The zero-order chi connectivity index (χ0) is 16.6. The summed E-state index contributed by atoms with van der Waals surface area (Å²) in [5.74, 6) is 0. The summed E-state index contributed by atoms with van der Waals surface area (Å²) in [4.78, 5) is 2.52. The van der Waals surface area contributed by atoms with E-state index in [-0.39, 0.29) is 5.41 Å². The molecule has 0 fully saturated rings. The van der Waals surface area contributed by atoms with Crippen molar-refractivity contribution < 1.29 is 0 Å². The molecule has 0 bridgehead atoms. The summed E-state index contributed by atoms with van der Waals surface area (Å²) in [6, 6.07) is 15.9. The van der Waals surface area contributed by atoms with Gasteiger partial charge in [-0.1, -0.05) is 31.5 Å². The standard InChI is InChI=1S/C21H28N2/c1-15(2)23-13-12-21(4,5)19-14-18(10-11-20(19)23)22-17-8-6-16(3)7-9-17/h6-11,14-15,22H,12-13H2,1-5H3. The molecule has 2 aromatic carbocycles. The predicted molar refractivity (Wildman–Crippen MR) is 101 cm³/mol. The van der Waals surface area contributed by atoms with Crippen molar-refractivity contribution in [2.24, 2.45) is 0 Å². The summed E-state index contributed by atoms with van der Waals surface area (Å²) in [5, 5.41) is 3.54. The van der Waals surface area contributed by atoms with E-state index >= 15 is 0 Å².